The Morgan fingerprint density at radius 3 is 2.27 bits per heavy atom. The Balaban J connectivity index is 0.000000534. The fourth-order valence-corrected chi connectivity index (χ4v) is 2.15. The average molecular weight is 351 g/mol. The van der Waals surface area contributed by atoms with Crippen LogP contribution in [0.15, 0.2) is 0 Å². The number of carbonyl (C=O) groups excluding carboxylic acids is 1. The molecule has 5 nitrogen and oxygen atoms in total. The van der Waals surface area contributed by atoms with Gasteiger partial charge < -0.3 is 15.3 Å². The summed E-state index contributed by atoms with van der Waals surface area (Å²) >= 11 is 5.05. The first-order valence-corrected chi connectivity index (χ1v) is 7.05. The lowest BCUT2D eigenvalue weighted by molar-refractivity contribution is -0.192. The Morgan fingerprint density at radius 1 is 1.45 bits per heavy atom. The van der Waals surface area contributed by atoms with Gasteiger partial charge in [-0.05, 0) is 26.3 Å². The zero-order chi connectivity index (χ0) is 17.5. The molecule has 3 unspecified atom stereocenters. The van der Waals surface area contributed by atoms with Crippen molar-refractivity contribution in [2.75, 3.05) is 13.1 Å². The van der Waals surface area contributed by atoms with Crippen molar-refractivity contribution in [2.45, 2.75) is 50.6 Å². The Bertz CT molecular complexity index is 380. The number of piperidine rings is 1. The van der Waals surface area contributed by atoms with E-state index < -0.39 is 23.7 Å². The first kappa shape index (κ1) is 20.9. The van der Waals surface area contributed by atoms with Gasteiger partial charge in [-0.1, -0.05) is 18.5 Å². The number of nitrogens with one attached hydrogen (secondary N) is 1. The molecule has 0 saturated carbocycles. The monoisotopic (exact) mass is 350 g/mol. The molecule has 1 rings (SSSR count). The van der Waals surface area contributed by atoms with E-state index in [0.29, 0.717) is 6.04 Å². The van der Waals surface area contributed by atoms with Crippen LogP contribution in [0.25, 0.3) is 0 Å². The fourth-order valence-electron chi connectivity index (χ4n) is 2.09. The van der Waals surface area contributed by atoms with Gasteiger partial charge in [0.1, 0.15) is 0 Å². The summed E-state index contributed by atoms with van der Waals surface area (Å²) < 4.78 is 44.2. The first-order valence-electron chi connectivity index (χ1n) is 6.61. The van der Waals surface area contributed by atoms with E-state index in [-0.39, 0.29) is 6.04 Å². The largest absolute Gasteiger partial charge is 0.490 e. The minimum Gasteiger partial charge on any atom is -0.475 e. The summed E-state index contributed by atoms with van der Waals surface area (Å²) in [6, 6.07) is 0.495. The second-order valence-electron chi connectivity index (χ2n) is 4.81. The third-order valence-electron chi connectivity index (χ3n) is 3.21. The number of hydrogen-bond donors (Lipinski definition) is 2. The molecular formula is C12H19ClF4N2O3. The molecule has 0 bridgehead atoms. The Labute approximate surface area is 130 Å². The summed E-state index contributed by atoms with van der Waals surface area (Å²) in [5.41, 5.74) is -1.93. The molecule has 0 spiro atoms. The number of amides is 1. The molecule has 0 aromatic carbocycles. The average Bonchev–Trinajstić information content (AvgIpc) is 2.38. The van der Waals surface area contributed by atoms with E-state index in [1.807, 2.05) is 0 Å². The number of carboxylic acid groups (broad SMARTS) is 1. The zero-order valence-corrected chi connectivity index (χ0v) is 12.9. The second-order valence-corrected chi connectivity index (χ2v) is 5.19. The number of rotatable bonds is 3. The van der Waals surface area contributed by atoms with Crippen molar-refractivity contribution in [3.05, 3.63) is 0 Å². The SMILES string of the molecule is CCN1CCC(NC(=O)C(F)Cl)CC1C.O=C(O)C(F)(F)F. The Hall–Kier alpha value is -1.09. The van der Waals surface area contributed by atoms with Gasteiger partial charge in [-0.2, -0.15) is 13.2 Å². The predicted octanol–water partition coefficient (Wildman–Crippen LogP) is 2.14. The number of hydrogen-bond acceptors (Lipinski definition) is 3. The maximum Gasteiger partial charge on any atom is 0.490 e. The summed E-state index contributed by atoms with van der Waals surface area (Å²) in [4.78, 5) is 22.3. The molecule has 22 heavy (non-hydrogen) atoms. The van der Waals surface area contributed by atoms with Gasteiger partial charge in [0.15, 0.2) is 0 Å². The van der Waals surface area contributed by atoms with E-state index in [9.17, 15) is 22.4 Å². The first-order chi connectivity index (χ1) is 9.98. The molecular weight excluding hydrogens is 332 g/mol. The number of carbonyl (C=O) groups is 2. The van der Waals surface area contributed by atoms with E-state index in [4.69, 9.17) is 21.5 Å². The molecule has 130 valence electrons. The van der Waals surface area contributed by atoms with Gasteiger partial charge in [0, 0.05) is 18.6 Å². The predicted molar refractivity (Wildman–Crippen MR) is 72.3 cm³/mol. The summed E-state index contributed by atoms with van der Waals surface area (Å²) in [6.45, 7) is 6.20. The summed E-state index contributed by atoms with van der Waals surface area (Å²) in [7, 11) is 0. The van der Waals surface area contributed by atoms with Gasteiger partial charge in [-0.25, -0.2) is 9.18 Å². The summed E-state index contributed by atoms with van der Waals surface area (Å²) in [6.07, 6.45) is -3.35. The van der Waals surface area contributed by atoms with Crippen LogP contribution in [0.5, 0.6) is 0 Å². The van der Waals surface area contributed by atoms with Gasteiger partial charge in [0.05, 0.1) is 0 Å². The van der Waals surface area contributed by atoms with Gasteiger partial charge in [-0.3, -0.25) is 4.79 Å². The highest BCUT2D eigenvalue weighted by Crippen LogP contribution is 2.17. The van der Waals surface area contributed by atoms with Crippen molar-refractivity contribution in [3.8, 4) is 0 Å². The van der Waals surface area contributed by atoms with Gasteiger partial charge in [-0.15, -0.1) is 0 Å². The van der Waals surface area contributed by atoms with E-state index in [1.54, 1.807) is 0 Å². The number of likely N-dealkylation sites (tertiary alicyclic amines) is 1. The van der Waals surface area contributed by atoms with Crippen molar-refractivity contribution in [1.29, 1.82) is 0 Å². The quantitative estimate of drug-likeness (QED) is 0.604. The number of carboxylic acids is 1. The summed E-state index contributed by atoms with van der Waals surface area (Å²) in [5.74, 6) is -3.47. The summed E-state index contributed by atoms with van der Waals surface area (Å²) in [5, 5.41) is 9.75. The number of aliphatic carboxylic acids is 1. The zero-order valence-electron chi connectivity index (χ0n) is 12.2. The topological polar surface area (TPSA) is 69.6 Å². The molecule has 0 aromatic rings. The molecule has 0 radical (unpaired) electrons. The molecule has 3 atom stereocenters. The van der Waals surface area contributed by atoms with Gasteiger partial charge >= 0.3 is 12.1 Å². The van der Waals surface area contributed by atoms with Crippen LogP contribution < -0.4 is 5.32 Å². The number of alkyl halides is 5. The Kier molecular flexibility index (Phi) is 8.69. The van der Waals surface area contributed by atoms with Crippen LogP contribution >= 0.6 is 11.6 Å². The molecule has 1 aliphatic rings. The normalized spacial score (nSPS) is 24.0. The maximum absolute atomic E-state index is 12.4. The van der Waals surface area contributed by atoms with Crippen LogP contribution in [0, 0.1) is 0 Å². The van der Waals surface area contributed by atoms with Crippen LogP contribution in [-0.4, -0.2) is 58.9 Å². The second kappa shape index (κ2) is 9.14. The molecule has 1 aliphatic heterocycles. The number of halogens is 5. The van der Waals surface area contributed by atoms with Crippen LogP contribution in [0.3, 0.4) is 0 Å². The minimum atomic E-state index is -5.08. The van der Waals surface area contributed by atoms with Crippen molar-refractivity contribution in [1.82, 2.24) is 10.2 Å². The highest BCUT2D eigenvalue weighted by Gasteiger charge is 2.38. The molecule has 0 aliphatic carbocycles. The van der Waals surface area contributed by atoms with Crippen molar-refractivity contribution < 1.29 is 32.3 Å². The molecule has 1 amide bonds. The fraction of sp³-hybridized carbons (Fsp3) is 0.833. The van der Waals surface area contributed by atoms with Gasteiger partial charge in [0.2, 0.25) is 0 Å². The van der Waals surface area contributed by atoms with Gasteiger partial charge in [0.25, 0.3) is 11.5 Å². The lowest BCUT2D eigenvalue weighted by atomic mass is 9.98. The third kappa shape index (κ3) is 7.79. The van der Waals surface area contributed by atoms with E-state index in [0.717, 1.165) is 25.9 Å². The third-order valence-corrected chi connectivity index (χ3v) is 3.41. The number of nitrogens with zero attached hydrogens (tertiary/aromatic N) is 1. The van der Waals surface area contributed by atoms with Crippen molar-refractivity contribution in [3.63, 3.8) is 0 Å². The van der Waals surface area contributed by atoms with Crippen molar-refractivity contribution >= 4 is 23.5 Å². The van der Waals surface area contributed by atoms with Crippen molar-refractivity contribution in [2.24, 2.45) is 0 Å². The van der Waals surface area contributed by atoms with E-state index >= 15 is 0 Å². The van der Waals surface area contributed by atoms with Crippen LogP contribution in [0.2, 0.25) is 0 Å². The van der Waals surface area contributed by atoms with Crippen LogP contribution in [0.1, 0.15) is 26.7 Å². The smallest absolute Gasteiger partial charge is 0.475 e. The molecule has 2 N–H and O–H groups in total. The minimum absolute atomic E-state index is 0.0623. The highest BCUT2D eigenvalue weighted by atomic mass is 35.5. The molecule has 1 fully saturated rings. The van der Waals surface area contributed by atoms with Crippen LogP contribution in [-0.2, 0) is 9.59 Å². The lowest BCUT2D eigenvalue weighted by Gasteiger charge is -2.37. The standard InChI is InChI=1S/C10H18ClFN2O.C2HF3O2/c1-3-14-5-4-8(6-7(14)2)13-10(15)9(11)12;3-2(4,5)1(6)7/h7-9H,3-6H2,1-2H3,(H,13,15);(H,6,7). The lowest BCUT2D eigenvalue weighted by Crippen LogP contribution is -2.49. The van der Waals surface area contributed by atoms with Crippen LogP contribution in [0.4, 0.5) is 17.6 Å². The molecule has 1 saturated heterocycles. The molecule has 1 heterocycles. The Morgan fingerprint density at radius 2 is 1.95 bits per heavy atom. The molecule has 10 heteroatoms. The van der Waals surface area contributed by atoms with E-state index in [2.05, 4.69) is 24.1 Å². The maximum atomic E-state index is 12.4. The molecule has 0 aromatic heterocycles. The highest BCUT2D eigenvalue weighted by molar-refractivity contribution is 6.29. The van der Waals surface area contributed by atoms with E-state index in [1.165, 1.54) is 0 Å².